The van der Waals surface area contributed by atoms with Crippen molar-refractivity contribution in [2.75, 3.05) is 36.6 Å². The van der Waals surface area contributed by atoms with E-state index in [1.807, 2.05) is 0 Å². The molecule has 4 rings (SSSR count). The Labute approximate surface area is 169 Å². The van der Waals surface area contributed by atoms with Gasteiger partial charge in [0, 0.05) is 29.7 Å². The molecule has 1 aliphatic heterocycles. The van der Waals surface area contributed by atoms with Crippen LogP contribution >= 0.6 is 11.6 Å². The predicted molar refractivity (Wildman–Crippen MR) is 111 cm³/mol. The van der Waals surface area contributed by atoms with Crippen LogP contribution in [-0.2, 0) is 14.5 Å². The second kappa shape index (κ2) is 7.46. The fraction of sp³-hybridized carbons (Fsp3) is 0.500. The van der Waals surface area contributed by atoms with Crippen LogP contribution in [0.15, 0.2) is 22.6 Å². The molecule has 3 heterocycles. The SMILES string of the molecule is C[C@@H]1COCCN1c1cc(N=[S@](C)(=O)C2CC2)nc(-c2cc(N)nc(Cl)c2)n1. The van der Waals surface area contributed by atoms with E-state index in [1.165, 1.54) is 0 Å². The molecule has 10 heteroatoms. The molecule has 8 nitrogen and oxygen atoms in total. The van der Waals surface area contributed by atoms with Gasteiger partial charge in [-0.2, -0.15) is 4.36 Å². The van der Waals surface area contributed by atoms with E-state index in [4.69, 9.17) is 27.1 Å². The molecule has 2 aliphatic rings. The van der Waals surface area contributed by atoms with Crippen LogP contribution in [0.5, 0.6) is 0 Å². The summed E-state index contributed by atoms with van der Waals surface area (Å²) in [4.78, 5) is 15.4. The maximum Gasteiger partial charge on any atom is 0.167 e. The van der Waals surface area contributed by atoms with E-state index < -0.39 is 9.73 Å². The van der Waals surface area contributed by atoms with Crippen LogP contribution in [0.4, 0.5) is 17.5 Å². The molecule has 2 fully saturated rings. The van der Waals surface area contributed by atoms with Crippen molar-refractivity contribution in [3.63, 3.8) is 0 Å². The molecule has 28 heavy (non-hydrogen) atoms. The first-order chi connectivity index (χ1) is 13.3. The Morgan fingerprint density at radius 1 is 1.29 bits per heavy atom. The Bertz CT molecular complexity index is 999. The van der Waals surface area contributed by atoms with Gasteiger partial charge in [0.2, 0.25) is 0 Å². The number of morpholine rings is 1. The van der Waals surface area contributed by atoms with E-state index in [0.717, 1.165) is 18.7 Å². The molecule has 0 bridgehead atoms. The van der Waals surface area contributed by atoms with Gasteiger partial charge in [-0.15, -0.1) is 0 Å². The number of aromatic nitrogens is 3. The minimum absolute atomic E-state index is 0.141. The second-order valence-electron chi connectivity index (χ2n) is 7.28. The first kappa shape index (κ1) is 19.4. The number of halogens is 1. The molecule has 0 radical (unpaired) electrons. The highest BCUT2D eigenvalue weighted by Crippen LogP contribution is 2.33. The number of ether oxygens (including phenoxy) is 1. The molecule has 1 aliphatic carbocycles. The van der Waals surface area contributed by atoms with E-state index in [1.54, 1.807) is 24.5 Å². The van der Waals surface area contributed by atoms with E-state index in [-0.39, 0.29) is 22.3 Å². The molecule has 0 aromatic carbocycles. The average Bonchev–Trinajstić information content (AvgIpc) is 3.46. The van der Waals surface area contributed by atoms with Gasteiger partial charge in [-0.25, -0.2) is 19.2 Å². The molecule has 2 aromatic heterocycles. The van der Waals surface area contributed by atoms with Crippen molar-refractivity contribution in [3.05, 3.63) is 23.4 Å². The Morgan fingerprint density at radius 3 is 2.75 bits per heavy atom. The summed E-state index contributed by atoms with van der Waals surface area (Å²) in [7, 11) is -2.34. The Kier molecular flexibility index (Phi) is 5.15. The van der Waals surface area contributed by atoms with Crippen LogP contribution in [0.2, 0.25) is 5.15 Å². The fourth-order valence-corrected chi connectivity index (χ4v) is 5.06. The van der Waals surface area contributed by atoms with Gasteiger partial charge in [0.1, 0.15) is 16.8 Å². The van der Waals surface area contributed by atoms with Gasteiger partial charge in [0.05, 0.1) is 29.0 Å². The van der Waals surface area contributed by atoms with Crippen LogP contribution in [0.25, 0.3) is 11.4 Å². The number of hydrogen-bond acceptors (Lipinski definition) is 8. The van der Waals surface area contributed by atoms with Gasteiger partial charge in [0.25, 0.3) is 0 Å². The molecule has 1 saturated heterocycles. The highest BCUT2D eigenvalue weighted by Gasteiger charge is 2.31. The highest BCUT2D eigenvalue weighted by molar-refractivity contribution is 7.93. The lowest BCUT2D eigenvalue weighted by molar-refractivity contribution is 0.0985. The first-order valence-electron chi connectivity index (χ1n) is 9.20. The summed E-state index contributed by atoms with van der Waals surface area (Å²) < 4.78 is 23.0. The van der Waals surface area contributed by atoms with Gasteiger partial charge in [0.15, 0.2) is 11.6 Å². The third kappa shape index (κ3) is 4.21. The summed E-state index contributed by atoms with van der Waals surface area (Å²) in [5, 5.41) is 0.405. The zero-order chi connectivity index (χ0) is 19.9. The van der Waals surface area contributed by atoms with Crippen LogP contribution in [0.1, 0.15) is 19.8 Å². The Morgan fingerprint density at radius 2 is 2.07 bits per heavy atom. The number of nitrogens with two attached hydrogens (primary N) is 1. The summed E-state index contributed by atoms with van der Waals surface area (Å²) in [6.45, 7) is 4.02. The van der Waals surface area contributed by atoms with E-state index in [2.05, 4.69) is 26.2 Å². The van der Waals surface area contributed by atoms with Gasteiger partial charge in [-0.05, 0) is 31.9 Å². The molecular weight excluding hydrogens is 400 g/mol. The van der Waals surface area contributed by atoms with Crippen molar-refractivity contribution in [3.8, 4) is 11.4 Å². The molecule has 0 spiro atoms. The predicted octanol–water partition coefficient (Wildman–Crippen LogP) is 2.89. The Balaban J connectivity index is 1.84. The monoisotopic (exact) mass is 422 g/mol. The molecule has 0 amide bonds. The third-order valence-corrected chi connectivity index (χ3v) is 7.30. The molecule has 150 valence electrons. The first-order valence-corrected chi connectivity index (χ1v) is 11.6. The van der Waals surface area contributed by atoms with E-state index >= 15 is 0 Å². The standard InChI is InChI=1S/C18H23ClN6O2S/c1-11-10-27-6-5-25(11)17-9-16(24-28(2,26)13-3-4-13)22-18(23-17)12-7-14(19)21-15(20)8-12/h7-9,11,13H,3-6,10H2,1-2H3,(H2,20,21)/t11-,28-/m1/s1. The third-order valence-electron chi connectivity index (χ3n) is 4.85. The van der Waals surface area contributed by atoms with E-state index in [9.17, 15) is 4.21 Å². The van der Waals surface area contributed by atoms with Gasteiger partial charge in [-0.1, -0.05) is 11.6 Å². The smallest absolute Gasteiger partial charge is 0.167 e. The number of pyridine rings is 1. The molecule has 2 aromatic rings. The van der Waals surface area contributed by atoms with E-state index in [0.29, 0.717) is 37.0 Å². The number of hydrogen-bond donors (Lipinski definition) is 1. The molecule has 2 N–H and O–H groups in total. The average molecular weight is 423 g/mol. The minimum atomic E-state index is -2.34. The topological polar surface area (TPSA) is 107 Å². The lowest BCUT2D eigenvalue weighted by Gasteiger charge is -2.34. The van der Waals surface area contributed by atoms with Gasteiger partial charge < -0.3 is 15.4 Å². The van der Waals surface area contributed by atoms with Crippen molar-refractivity contribution in [1.29, 1.82) is 0 Å². The maximum atomic E-state index is 12.9. The molecule has 1 saturated carbocycles. The molecule has 0 unspecified atom stereocenters. The summed E-state index contributed by atoms with van der Waals surface area (Å²) >= 11 is 6.06. The molecule has 2 atom stereocenters. The normalized spacial score (nSPS) is 22.0. The number of anilines is 2. The summed E-state index contributed by atoms with van der Waals surface area (Å²) in [6.07, 6.45) is 3.59. The second-order valence-corrected chi connectivity index (χ2v) is 10.2. The van der Waals surface area contributed by atoms with Crippen molar-refractivity contribution < 1.29 is 8.95 Å². The summed E-state index contributed by atoms with van der Waals surface area (Å²) in [5.74, 6) is 1.84. The highest BCUT2D eigenvalue weighted by atomic mass is 35.5. The maximum absolute atomic E-state index is 12.9. The zero-order valence-corrected chi connectivity index (χ0v) is 17.4. The van der Waals surface area contributed by atoms with Crippen LogP contribution in [0.3, 0.4) is 0 Å². The molecular formula is C18H23ClN6O2S. The van der Waals surface area contributed by atoms with Crippen LogP contribution < -0.4 is 10.6 Å². The fourth-order valence-electron chi connectivity index (χ4n) is 3.22. The summed E-state index contributed by atoms with van der Waals surface area (Å²) in [6, 6.07) is 5.28. The minimum Gasteiger partial charge on any atom is -0.384 e. The van der Waals surface area contributed by atoms with Crippen LogP contribution in [-0.4, -0.2) is 56.5 Å². The lowest BCUT2D eigenvalue weighted by Crippen LogP contribution is -2.44. The zero-order valence-electron chi connectivity index (χ0n) is 15.8. The number of nitrogens with zero attached hydrogens (tertiary/aromatic N) is 5. The van der Waals surface area contributed by atoms with Crippen molar-refractivity contribution in [2.45, 2.75) is 31.1 Å². The van der Waals surface area contributed by atoms with Gasteiger partial charge in [-0.3, -0.25) is 0 Å². The van der Waals surface area contributed by atoms with Crippen LogP contribution in [0, 0.1) is 0 Å². The quantitative estimate of drug-likeness (QED) is 0.754. The van der Waals surface area contributed by atoms with Gasteiger partial charge >= 0.3 is 0 Å². The number of nitrogen functional groups attached to an aromatic ring is 1. The van der Waals surface area contributed by atoms with Crippen molar-refractivity contribution in [2.24, 2.45) is 4.36 Å². The number of rotatable bonds is 4. The van der Waals surface area contributed by atoms with Crippen molar-refractivity contribution in [1.82, 2.24) is 15.0 Å². The lowest BCUT2D eigenvalue weighted by atomic mass is 10.2. The van der Waals surface area contributed by atoms with Crippen molar-refractivity contribution >= 4 is 38.8 Å². The largest absolute Gasteiger partial charge is 0.384 e. The summed E-state index contributed by atoms with van der Waals surface area (Å²) in [5.41, 5.74) is 6.48. The Hall–Kier alpha value is -1.97.